The van der Waals surface area contributed by atoms with Crippen LogP contribution >= 0.6 is 0 Å². The molecular formula is C8H8O3. The lowest BCUT2D eigenvalue weighted by atomic mass is 10.2. The minimum Gasteiger partial charge on any atom is -0.423 e. The van der Waals surface area contributed by atoms with E-state index in [0.29, 0.717) is 23.2 Å². The summed E-state index contributed by atoms with van der Waals surface area (Å²) in [7, 11) is 0. The molecule has 1 aliphatic heterocycles. The van der Waals surface area contributed by atoms with Crippen molar-refractivity contribution in [3.05, 3.63) is 23.0 Å². The van der Waals surface area contributed by atoms with Crippen LogP contribution in [0.3, 0.4) is 0 Å². The molecule has 0 aromatic heterocycles. The highest BCUT2D eigenvalue weighted by molar-refractivity contribution is 5.93. The second-order valence-corrected chi connectivity index (χ2v) is 2.38. The normalized spacial score (nSPS) is 20.9. The Morgan fingerprint density at radius 1 is 1.64 bits per heavy atom. The Balaban J connectivity index is 2.99. The zero-order valence-corrected chi connectivity index (χ0v) is 6.38. The van der Waals surface area contributed by atoms with Crippen LogP contribution in [-0.4, -0.2) is 12.3 Å². The number of cyclic esters (lactones) is 1. The molecule has 0 saturated heterocycles. The number of esters is 1. The molecule has 0 spiro atoms. The number of ether oxygens (including phenoxy) is 1. The number of hydrogen-bond donors (Lipinski definition) is 0. The standard InChI is InChI=1S/C8H8O3/c1-5-3-7(6(2)4-9)11-8(5)10/h3-4H,1-2H3/b7-6-. The molecule has 0 aliphatic carbocycles. The summed E-state index contributed by atoms with van der Waals surface area (Å²) in [6.07, 6.45) is 2.23. The first-order valence-electron chi connectivity index (χ1n) is 3.21. The van der Waals surface area contributed by atoms with Gasteiger partial charge in [-0.25, -0.2) is 4.79 Å². The Kier molecular flexibility index (Phi) is 1.89. The van der Waals surface area contributed by atoms with Crippen molar-refractivity contribution in [2.24, 2.45) is 0 Å². The van der Waals surface area contributed by atoms with Crippen LogP contribution in [0.2, 0.25) is 0 Å². The van der Waals surface area contributed by atoms with Crippen LogP contribution in [0.15, 0.2) is 23.0 Å². The first-order valence-corrected chi connectivity index (χ1v) is 3.21. The highest BCUT2D eigenvalue weighted by atomic mass is 16.5. The smallest absolute Gasteiger partial charge is 0.339 e. The minimum atomic E-state index is -0.374. The van der Waals surface area contributed by atoms with Crippen LogP contribution in [0.25, 0.3) is 0 Å². The summed E-state index contributed by atoms with van der Waals surface area (Å²) in [6.45, 7) is 3.25. The number of carbonyl (C=O) groups is 2. The molecule has 0 atom stereocenters. The van der Waals surface area contributed by atoms with Crippen molar-refractivity contribution in [3.8, 4) is 0 Å². The van der Waals surface area contributed by atoms with E-state index in [0.717, 1.165) is 0 Å². The van der Waals surface area contributed by atoms with Crippen molar-refractivity contribution in [2.45, 2.75) is 13.8 Å². The van der Waals surface area contributed by atoms with Gasteiger partial charge >= 0.3 is 5.97 Å². The Morgan fingerprint density at radius 2 is 2.27 bits per heavy atom. The fourth-order valence-electron chi connectivity index (χ4n) is 0.718. The first-order chi connectivity index (χ1) is 5.15. The maximum Gasteiger partial charge on any atom is 0.339 e. The third-order valence-electron chi connectivity index (χ3n) is 1.44. The molecule has 1 heterocycles. The summed E-state index contributed by atoms with van der Waals surface area (Å²) in [4.78, 5) is 21.0. The molecule has 0 N–H and O–H groups in total. The molecule has 0 fully saturated rings. The van der Waals surface area contributed by atoms with Crippen LogP contribution in [0.4, 0.5) is 0 Å². The second-order valence-electron chi connectivity index (χ2n) is 2.38. The highest BCUT2D eigenvalue weighted by Crippen LogP contribution is 2.18. The number of allylic oxidation sites excluding steroid dienone is 2. The Labute approximate surface area is 64.3 Å². The Bertz CT molecular complexity index is 271. The van der Waals surface area contributed by atoms with Crippen molar-refractivity contribution < 1.29 is 14.3 Å². The van der Waals surface area contributed by atoms with Gasteiger partial charge in [-0.1, -0.05) is 0 Å². The molecule has 0 radical (unpaired) electrons. The van der Waals surface area contributed by atoms with E-state index >= 15 is 0 Å². The molecule has 1 aliphatic rings. The van der Waals surface area contributed by atoms with E-state index in [4.69, 9.17) is 4.74 Å². The molecule has 0 amide bonds. The van der Waals surface area contributed by atoms with Crippen LogP contribution in [0.5, 0.6) is 0 Å². The minimum absolute atomic E-state index is 0.363. The van der Waals surface area contributed by atoms with E-state index < -0.39 is 0 Å². The molecule has 0 saturated carbocycles. The van der Waals surface area contributed by atoms with Crippen molar-refractivity contribution in [1.29, 1.82) is 0 Å². The van der Waals surface area contributed by atoms with Gasteiger partial charge in [0.2, 0.25) is 0 Å². The van der Waals surface area contributed by atoms with Crippen LogP contribution < -0.4 is 0 Å². The lowest BCUT2D eigenvalue weighted by Crippen LogP contribution is -1.96. The largest absolute Gasteiger partial charge is 0.423 e. The number of carbonyl (C=O) groups excluding carboxylic acids is 2. The number of rotatable bonds is 1. The number of aldehydes is 1. The van der Waals surface area contributed by atoms with Gasteiger partial charge in [0.1, 0.15) is 12.0 Å². The van der Waals surface area contributed by atoms with Gasteiger partial charge in [0.15, 0.2) is 0 Å². The van der Waals surface area contributed by atoms with E-state index in [9.17, 15) is 9.59 Å². The molecule has 3 heteroatoms. The van der Waals surface area contributed by atoms with Crippen molar-refractivity contribution in [1.82, 2.24) is 0 Å². The maximum atomic E-state index is 10.8. The highest BCUT2D eigenvalue weighted by Gasteiger charge is 2.18. The quantitative estimate of drug-likeness (QED) is 0.319. The maximum absolute atomic E-state index is 10.8. The van der Waals surface area contributed by atoms with Gasteiger partial charge in [0.05, 0.1) is 0 Å². The molecule has 0 unspecified atom stereocenters. The molecule has 0 aromatic carbocycles. The van der Waals surface area contributed by atoms with E-state index in [1.54, 1.807) is 19.9 Å². The van der Waals surface area contributed by atoms with Crippen molar-refractivity contribution >= 4 is 12.3 Å². The lowest BCUT2D eigenvalue weighted by Gasteiger charge is -1.95. The molecule has 3 nitrogen and oxygen atoms in total. The van der Waals surface area contributed by atoms with Gasteiger partial charge in [0.25, 0.3) is 0 Å². The Morgan fingerprint density at radius 3 is 2.64 bits per heavy atom. The predicted molar refractivity (Wildman–Crippen MR) is 38.6 cm³/mol. The lowest BCUT2D eigenvalue weighted by molar-refractivity contribution is -0.133. The van der Waals surface area contributed by atoms with Crippen molar-refractivity contribution in [3.63, 3.8) is 0 Å². The summed E-state index contributed by atoms with van der Waals surface area (Å²) in [5.41, 5.74) is 0.969. The van der Waals surface area contributed by atoms with Gasteiger partial charge < -0.3 is 4.74 Å². The molecule has 0 bridgehead atoms. The van der Waals surface area contributed by atoms with Gasteiger partial charge in [-0.2, -0.15) is 0 Å². The third-order valence-corrected chi connectivity index (χ3v) is 1.44. The summed E-state index contributed by atoms with van der Waals surface area (Å²) >= 11 is 0. The molecule has 58 valence electrons. The monoisotopic (exact) mass is 152 g/mol. The zero-order valence-electron chi connectivity index (χ0n) is 6.38. The Hall–Kier alpha value is -1.38. The van der Waals surface area contributed by atoms with E-state index in [1.807, 2.05) is 0 Å². The average Bonchev–Trinajstić information content (AvgIpc) is 2.31. The first kappa shape index (κ1) is 7.72. The van der Waals surface area contributed by atoms with Gasteiger partial charge in [-0.15, -0.1) is 0 Å². The second kappa shape index (κ2) is 2.70. The summed E-state index contributed by atoms with van der Waals surface area (Å²) in [5.74, 6) is -0.0105. The molecule has 0 aromatic rings. The van der Waals surface area contributed by atoms with Gasteiger partial charge in [0, 0.05) is 11.1 Å². The van der Waals surface area contributed by atoms with Crippen molar-refractivity contribution in [2.75, 3.05) is 0 Å². The van der Waals surface area contributed by atoms with Crippen LogP contribution in [-0.2, 0) is 14.3 Å². The predicted octanol–water partition coefficient (Wildman–Crippen LogP) is 0.962. The fourth-order valence-corrected chi connectivity index (χ4v) is 0.718. The summed E-state index contributed by atoms with van der Waals surface area (Å²) in [6, 6.07) is 0. The molecule has 1 rings (SSSR count). The number of hydrogen-bond acceptors (Lipinski definition) is 3. The third kappa shape index (κ3) is 1.37. The van der Waals surface area contributed by atoms with Gasteiger partial charge in [-0.3, -0.25) is 4.79 Å². The molecular weight excluding hydrogens is 144 g/mol. The topological polar surface area (TPSA) is 43.4 Å². The van der Waals surface area contributed by atoms with E-state index in [2.05, 4.69) is 0 Å². The SMILES string of the molecule is CC1=C/C(=C(\C)C=O)OC1=O. The fraction of sp³-hybridized carbons (Fsp3) is 0.250. The van der Waals surface area contributed by atoms with Gasteiger partial charge in [-0.05, 0) is 19.9 Å². The average molecular weight is 152 g/mol. The zero-order chi connectivity index (χ0) is 8.43. The van der Waals surface area contributed by atoms with Crippen LogP contribution in [0.1, 0.15) is 13.8 Å². The van der Waals surface area contributed by atoms with Crippen LogP contribution in [0, 0.1) is 0 Å². The summed E-state index contributed by atoms with van der Waals surface area (Å²) in [5, 5.41) is 0. The van der Waals surface area contributed by atoms with E-state index in [-0.39, 0.29) is 5.97 Å². The van der Waals surface area contributed by atoms with E-state index in [1.165, 1.54) is 0 Å². The summed E-state index contributed by atoms with van der Waals surface area (Å²) < 4.78 is 4.74. The molecule has 11 heavy (non-hydrogen) atoms.